The number of allylic oxidation sites excluding steroid dienone is 2. The van der Waals surface area contributed by atoms with Gasteiger partial charge in [0.25, 0.3) is 0 Å². The van der Waals surface area contributed by atoms with Crippen LogP contribution in [-0.2, 0) is 0 Å². The number of halogens is 2. The van der Waals surface area contributed by atoms with Crippen molar-refractivity contribution in [3.63, 3.8) is 0 Å². The summed E-state index contributed by atoms with van der Waals surface area (Å²) in [5, 5.41) is 10.3. The van der Waals surface area contributed by atoms with E-state index in [9.17, 15) is 9.74 Å². The quantitative estimate of drug-likeness (QED) is 0.586. The first-order valence-electron chi connectivity index (χ1n) is 9.25. The van der Waals surface area contributed by atoms with E-state index in [-0.39, 0.29) is 5.16 Å². The molecule has 0 radical (unpaired) electrons. The maximum absolute atomic E-state index is 14.2. The highest BCUT2D eigenvalue weighted by Crippen LogP contribution is 2.32. The Labute approximate surface area is 173 Å². The summed E-state index contributed by atoms with van der Waals surface area (Å²) in [6.45, 7) is 4.72. The zero-order chi connectivity index (χ0) is 19.5. The molecule has 1 N–H and O–H groups in total. The van der Waals surface area contributed by atoms with E-state index in [1.165, 1.54) is 28.9 Å². The highest BCUT2D eigenvalue weighted by atomic mass is 35.5. The Morgan fingerprint density at radius 1 is 1.21 bits per heavy atom. The smallest absolute Gasteiger partial charge is 0.143 e. The van der Waals surface area contributed by atoms with Gasteiger partial charge in [-0.1, -0.05) is 22.1 Å². The largest absolute Gasteiger partial charge is 0.368 e. The van der Waals surface area contributed by atoms with Crippen LogP contribution in [0.2, 0.25) is 0 Å². The van der Waals surface area contributed by atoms with Gasteiger partial charge in [0.1, 0.15) is 10.5 Å². The van der Waals surface area contributed by atoms with Crippen LogP contribution in [0, 0.1) is 11.3 Å². The average molecular weight is 418 g/mol. The summed E-state index contributed by atoms with van der Waals surface area (Å²) in [5.41, 5.74) is 2.82. The minimum atomic E-state index is -0.657. The molecule has 1 saturated heterocycles. The summed E-state index contributed by atoms with van der Waals surface area (Å²) >= 11 is 7.26. The predicted molar refractivity (Wildman–Crippen MR) is 114 cm³/mol. The van der Waals surface area contributed by atoms with Crippen LogP contribution in [0.15, 0.2) is 53.3 Å². The molecule has 1 fully saturated rings. The van der Waals surface area contributed by atoms with Crippen LogP contribution in [0.4, 0.5) is 10.2 Å². The summed E-state index contributed by atoms with van der Waals surface area (Å²) in [7, 11) is 0. The standard InChI is InChI=1S/C20H21ClFN5S/c21-19-5-4-15(14-23)20(27(19)22)28-13-12-25-8-10-26(11-9-25)18-3-1-2-17-16(18)6-7-24-17/h1-7,20,24H,8-13H2. The molecule has 4 rings (SSSR count). The molecular weight excluding hydrogens is 397 g/mol. The number of aromatic nitrogens is 1. The van der Waals surface area contributed by atoms with Gasteiger partial charge in [0.05, 0.1) is 11.6 Å². The summed E-state index contributed by atoms with van der Waals surface area (Å²) < 4.78 is 14.2. The van der Waals surface area contributed by atoms with E-state index in [0.717, 1.165) is 44.0 Å². The molecule has 1 aromatic carbocycles. The van der Waals surface area contributed by atoms with Gasteiger partial charge in [-0.2, -0.15) is 10.4 Å². The predicted octanol–water partition coefficient (Wildman–Crippen LogP) is 4.08. The van der Waals surface area contributed by atoms with E-state index in [1.54, 1.807) is 6.08 Å². The fourth-order valence-electron chi connectivity index (χ4n) is 3.64. The zero-order valence-corrected chi connectivity index (χ0v) is 16.9. The lowest BCUT2D eigenvalue weighted by Crippen LogP contribution is -2.47. The van der Waals surface area contributed by atoms with Crippen molar-refractivity contribution < 1.29 is 4.48 Å². The topological polar surface area (TPSA) is 49.3 Å². The molecule has 0 spiro atoms. The minimum absolute atomic E-state index is 0.0176. The molecule has 2 aliphatic rings. The third-order valence-electron chi connectivity index (χ3n) is 5.17. The lowest BCUT2D eigenvalue weighted by molar-refractivity contribution is 0.0804. The molecule has 0 amide bonds. The van der Waals surface area contributed by atoms with Gasteiger partial charge in [0.15, 0.2) is 0 Å². The van der Waals surface area contributed by atoms with Crippen molar-refractivity contribution in [2.24, 2.45) is 0 Å². The van der Waals surface area contributed by atoms with Crippen LogP contribution in [0.1, 0.15) is 0 Å². The normalized spacial score (nSPS) is 20.8. The zero-order valence-electron chi connectivity index (χ0n) is 15.3. The van der Waals surface area contributed by atoms with Crippen molar-refractivity contribution in [3.05, 3.63) is 53.3 Å². The van der Waals surface area contributed by atoms with Gasteiger partial charge in [-0.15, -0.1) is 11.8 Å². The Hall–Kier alpha value is -2.14. The molecule has 0 saturated carbocycles. The van der Waals surface area contributed by atoms with Crippen LogP contribution in [0.5, 0.6) is 0 Å². The number of nitriles is 1. The van der Waals surface area contributed by atoms with E-state index in [4.69, 9.17) is 11.6 Å². The molecule has 5 nitrogen and oxygen atoms in total. The van der Waals surface area contributed by atoms with Gasteiger partial charge in [-0.3, -0.25) is 4.90 Å². The van der Waals surface area contributed by atoms with Crippen molar-refractivity contribution in [1.29, 1.82) is 5.26 Å². The van der Waals surface area contributed by atoms with Crippen LogP contribution < -0.4 is 4.90 Å². The summed E-state index contributed by atoms with van der Waals surface area (Å²) in [6, 6.07) is 10.5. The Morgan fingerprint density at radius 2 is 2.04 bits per heavy atom. The third-order valence-corrected chi connectivity index (χ3v) is 6.63. The Morgan fingerprint density at radius 3 is 2.82 bits per heavy atom. The van der Waals surface area contributed by atoms with Crippen molar-refractivity contribution >= 4 is 40.0 Å². The van der Waals surface area contributed by atoms with Gasteiger partial charge in [0, 0.05) is 61.3 Å². The number of benzene rings is 1. The summed E-state index contributed by atoms with van der Waals surface area (Å²) in [6.07, 6.45) is 4.99. The highest BCUT2D eigenvalue weighted by Gasteiger charge is 2.28. The molecule has 28 heavy (non-hydrogen) atoms. The monoisotopic (exact) mass is 417 g/mol. The molecule has 146 valence electrons. The summed E-state index contributed by atoms with van der Waals surface area (Å²) in [5.74, 6) is 0.738. The molecule has 2 aromatic rings. The van der Waals surface area contributed by atoms with E-state index in [1.807, 2.05) is 6.20 Å². The number of hydrogen-bond acceptors (Lipinski definition) is 5. The van der Waals surface area contributed by atoms with Gasteiger partial charge >= 0.3 is 0 Å². The molecule has 0 bridgehead atoms. The number of nitrogens with one attached hydrogen (secondary N) is 1. The van der Waals surface area contributed by atoms with Crippen LogP contribution in [-0.4, -0.2) is 58.9 Å². The first kappa shape index (κ1) is 19.2. The van der Waals surface area contributed by atoms with Crippen molar-refractivity contribution in [3.8, 4) is 6.07 Å². The molecule has 8 heteroatoms. The number of H-pyrrole nitrogens is 1. The average Bonchev–Trinajstić information content (AvgIpc) is 3.21. The first-order chi connectivity index (χ1) is 13.7. The molecule has 0 aliphatic carbocycles. The highest BCUT2D eigenvalue weighted by molar-refractivity contribution is 8.00. The number of nitrogens with zero attached hydrogens (tertiary/aromatic N) is 4. The number of aromatic amines is 1. The number of thioether (sulfide) groups is 1. The SMILES string of the molecule is N#CC1=CC=C(Cl)N(F)C1SCCN1CCN(c2cccc3[nH]ccc23)CC1. The van der Waals surface area contributed by atoms with E-state index < -0.39 is 5.37 Å². The molecule has 2 aliphatic heterocycles. The van der Waals surface area contributed by atoms with Crippen molar-refractivity contribution in [2.45, 2.75) is 5.37 Å². The molecule has 1 atom stereocenters. The van der Waals surface area contributed by atoms with E-state index >= 15 is 0 Å². The number of fused-ring (bicyclic) bond motifs is 1. The second kappa shape index (κ2) is 8.48. The first-order valence-corrected chi connectivity index (χ1v) is 10.7. The van der Waals surface area contributed by atoms with Gasteiger partial charge < -0.3 is 9.88 Å². The number of anilines is 1. The lowest BCUT2D eigenvalue weighted by Gasteiger charge is -2.36. The maximum Gasteiger partial charge on any atom is 0.143 e. The Bertz CT molecular complexity index is 941. The molecule has 1 unspecified atom stereocenters. The summed E-state index contributed by atoms with van der Waals surface area (Å²) in [4.78, 5) is 8.08. The number of rotatable bonds is 5. The minimum Gasteiger partial charge on any atom is -0.368 e. The third kappa shape index (κ3) is 3.86. The number of piperazine rings is 1. The Balaban J connectivity index is 1.28. The van der Waals surface area contributed by atoms with Gasteiger partial charge in [-0.25, -0.2) is 0 Å². The molecular formula is C20H21ClFN5S. The van der Waals surface area contributed by atoms with E-state index in [2.05, 4.69) is 45.1 Å². The number of hydrogen-bond donors (Lipinski definition) is 1. The second-order valence-corrected chi connectivity index (χ2v) is 8.38. The van der Waals surface area contributed by atoms with Crippen molar-refractivity contribution in [1.82, 2.24) is 15.0 Å². The second-order valence-electron chi connectivity index (χ2n) is 6.80. The lowest BCUT2D eigenvalue weighted by atomic mass is 10.2. The molecule has 3 heterocycles. The van der Waals surface area contributed by atoms with Gasteiger partial charge in [0.2, 0.25) is 0 Å². The fourth-order valence-corrected chi connectivity index (χ4v) is 5.00. The van der Waals surface area contributed by atoms with Crippen LogP contribution in [0.25, 0.3) is 10.9 Å². The Kier molecular flexibility index (Phi) is 5.81. The molecule has 1 aromatic heterocycles. The van der Waals surface area contributed by atoms with Gasteiger partial charge in [-0.05, 0) is 30.4 Å². The fraction of sp³-hybridized carbons (Fsp3) is 0.350. The van der Waals surface area contributed by atoms with E-state index in [0.29, 0.717) is 10.7 Å². The maximum atomic E-state index is 14.2. The van der Waals surface area contributed by atoms with Crippen molar-refractivity contribution in [2.75, 3.05) is 43.4 Å². The van der Waals surface area contributed by atoms with Crippen LogP contribution in [0.3, 0.4) is 0 Å². The van der Waals surface area contributed by atoms with Crippen LogP contribution >= 0.6 is 23.4 Å².